The van der Waals surface area contributed by atoms with Crippen LogP contribution >= 0.6 is 51.3 Å². The fourth-order valence-electron chi connectivity index (χ4n) is 4.02. The average Bonchev–Trinajstić information content (AvgIpc) is 3.03. The number of benzene rings is 3. The van der Waals surface area contributed by atoms with E-state index in [0.717, 1.165) is 31.8 Å². The van der Waals surface area contributed by atoms with Gasteiger partial charge in [0, 0.05) is 38.3 Å². The van der Waals surface area contributed by atoms with Crippen LogP contribution in [-0.2, 0) is 11.8 Å². The van der Waals surface area contributed by atoms with Crippen LogP contribution in [0.25, 0.3) is 27.9 Å². The minimum atomic E-state index is -0.726. The average molecular weight is 545 g/mol. The van der Waals surface area contributed by atoms with E-state index < -0.39 is 5.50 Å². The number of halogens is 3. The van der Waals surface area contributed by atoms with Gasteiger partial charge in [-0.15, -0.1) is 0 Å². The lowest BCUT2D eigenvalue weighted by atomic mass is 10.0. The predicted octanol–water partition coefficient (Wildman–Crippen LogP) is 6.62. The zero-order chi connectivity index (χ0) is 22.6. The largest absolute Gasteiger partial charge is 0.344 e. The van der Waals surface area contributed by atoms with Crippen molar-refractivity contribution >= 4 is 95.9 Å². The summed E-state index contributed by atoms with van der Waals surface area (Å²) < 4.78 is 3.17. The topological polar surface area (TPSA) is 37.3 Å². The molecule has 1 aromatic heterocycles. The number of fused-ring (bicyclic) bond motifs is 3. The Hall–Kier alpha value is -2.38. The lowest BCUT2D eigenvalue weighted by molar-refractivity contribution is -0.114. The smallest absolute Gasteiger partial charge is 0.263 e. The molecule has 1 fully saturated rings. The molecule has 32 heavy (non-hydrogen) atoms. The predicted molar refractivity (Wildman–Crippen MR) is 140 cm³/mol. The molecule has 0 bridgehead atoms. The summed E-state index contributed by atoms with van der Waals surface area (Å²) in [6.07, 6.45) is 1.81. The van der Waals surface area contributed by atoms with E-state index in [0.29, 0.717) is 16.3 Å². The van der Waals surface area contributed by atoms with Gasteiger partial charge in [0.2, 0.25) is 0 Å². The van der Waals surface area contributed by atoms with Gasteiger partial charge in [0.05, 0.1) is 11.3 Å². The van der Waals surface area contributed by atoms with Crippen molar-refractivity contribution in [1.29, 1.82) is 0 Å². The first kappa shape index (κ1) is 21.5. The van der Waals surface area contributed by atoms with Gasteiger partial charge >= 0.3 is 0 Å². The second-order valence-corrected chi connectivity index (χ2v) is 9.70. The highest BCUT2D eigenvalue weighted by atomic mass is 79.9. The Bertz CT molecular complexity index is 1450. The molecule has 0 aliphatic carbocycles. The number of carbonyl (C=O) groups excluding carboxylic acids is 1. The Morgan fingerprint density at radius 3 is 2.41 bits per heavy atom. The monoisotopic (exact) mass is 543 g/mol. The van der Waals surface area contributed by atoms with Gasteiger partial charge < -0.3 is 9.88 Å². The van der Waals surface area contributed by atoms with Gasteiger partial charge in [0.15, 0.2) is 5.11 Å². The summed E-state index contributed by atoms with van der Waals surface area (Å²) >= 11 is 21.4. The van der Waals surface area contributed by atoms with Crippen molar-refractivity contribution in [2.45, 2.75) is 5.50 Å². The summed E-state index contributed by atoms with van der Waals surface area (Å²) in [5, 5.41) is 6.09. The highest BCUT2D eigenvalue weighted by molar-refractivity contribution is 9.10. The van der Waals surface area contributed by atoms with E-state index in [9.17, 15) is 4.79 Å². The highest BCUT2D eigenvalue weighted by Crippen LogP contribution is 2.32. The van der Waals surface area contributed by atoms with Crippen LogP contribution in [0, 0.1) is 0 Å². The van der Waals surface area contributed by atoms with Gasteiger partial charge in [0.1, 0.15) is 5.50 Å². The lowest BCUT2D eigenvalue weighted by Gasteiger charge is -2.33. The normalized spacial score (nSPS) is 18.1. The number of rotatable bonds is 2. The SMILES string of the molecule is Cn1c2ccc(Br)cc2c2cc(C=C3C(=O)N(c4ccc(Cl)cc4)C(=S)NC3Cl)ccc21. The van der Waals surface area contributed by atoms with Gasteiger partial charge in [0.25, 0.3) is 5.91 Å². The van der Waals surface area contributed by atoms with Crippen molar-refractivity contribution in [2.75, 3.05) is 4.90 Å². The third-order valence-electron chi connectivity index (χ3n) is 5.58. The number of hydrogen-bond acceptors (Lipinski definition) is 2. The summed E-state index contributed by atoms with van der Waals surface area (Å²) in [5.41, 5.74) is 3.44. The highest BCUT2D eigenvalue weighted by Gasteiger charge is 2.34. The number of carbonyl (C=O) groups is 1. The van der Waals surface area contributed by atoms with E-state index in [1.54, 1.807) is 24.3 Å². The van der Waals surface area contributed by atoms with Gasteiger partial charge in [-0.25, -0.2) is 0 Å². The maximum atomic E-state index is 13.4. The van der Waals surface area contributed by atoms with Crippen LogP contribution in [0.4, 0.5) is 5.69 Å². The molecule has 1 aliphatic heterocycles. The number of thiocarbonyl (C=S) groups is 1. The quantitative estimate of drug-likeness (QED) is 0.133. The molecule has 1 aliphatic rings. The second-order valence-electron chi connectivity index (χ2n) is 7.53. The number of nitrogens with zero attached hydrogens (tertiary/aromatic N) is 2. The Morgan fingerprint density at radius 2 is 1.69 bits per heavy atom. The Kier molecular flexibility index (Phi) is 5.50. The van der Waals surface area contributed by atoms with Crippen molar-refractivity contribution in [3.8, 4) is 0 Å². The fourth-order valence-corrected chi connectivity index (χ4v) is 5.14. The molecule has 1 amide bonds. The third-order valence-corrected chi connectivity index (χ3v) is 6.97. The van der Waals surface area contributed by atoms with Crippen molar-refractivity contribution in [1.82, 2.24) is 9.88 Å². The second kappa shape index (κ2) is 8.19. The van der Waals surface area contributed by atoms with Crippen LogP contribution in [0.1, 0.15) is 5.56 Å². The van der Waals surface area contributed by atoms with E-state index in [1.165, 1.54) is 4.90 Å². The summed E-state index contributed by atoms with van der Waals surface area (Å²) in [5.74, 6) is -0.267. The summed E-state index contributed by atoms with van der Waals surface area (Å²) in [4.78, 5) is 14.8. The number of anilines is 1. The molecule has 2 heterocycles. The van der Waals surface area contributed by atoms with E-state index in [1.807, 2.05) is 25.3 Å². The minimum absolute atomic E-state index is 0.254. The Morgan fingerprint density at radius 1 is 1.03 bits per heavy atom. The molecule has 0 radical (unpaired) electrons. The molecule has 3 aromatic carbocycles. The van der Waals surface area contributed by atoms with Crippen molar-refractivity contribution in [2.24, 2.45) is 7.05 Å². The summed E-state index contributed by atoms with van der Waals surface area (Å²) in [6.45, 7) is 0. The maximum Gasteiger partial charge on any atom is 0.263 e. The fraction of sp³-hybridized carbons (Fsp3) is 0.0833. The molecule has 1 saturated heterocycles. The number of aryl methyl sites for hydroxylation is 1. The van der Waals surface area contributed by atoms with Crippen LogP contribution in [0.5, 0.6) is 0 Å². The first-order valence-corrected chi connectivity index (χ1v) is 11.8. The number of aromatic nitrogens is 1. The number of alkyl halides is 1. The zero-order valence-electron chi connectivity index (χ0n) is 16.8. The van der Waals surface area contributed by atoms with Crippen molar-refractivity contribution in [3.63, 3.8) is 0 Å². The Balaban J connectivity index is 1.60. The van der Waals surface area contributed by atoms with E-state index >= 15 is 0 Å². The molecule has 5 rings (SSSR count). The van der Waals surface area contributed by atoms with Gasteiger partial charge in [-0.2, -0.15) is 0 Å². The standard InChI is InChI=1S/C24H16BrCl2N3OS/c1-29-20-8-2-13(10-17(20)18-12-14(25)3-9-21(18)29)11-19-22(27)28-24(32)30(23(19)31)16-6-4-15(26)5-7-16/h2-12,22H,1H3,(H,28,32). The van der Waals surface area contributed by atoms with E-state index in [-0.39, 0.29) is 11.0 Å². The molecule has 1 atom stereocenters. The van der Waals surface area contributed by atoms with Crippen molar-refractivity contribution in [3.05, 3.63) is 81.3 Å². The first-order chi connectivity index (χ1) is 15.3. The number of amides is 1. The van der Waals surface area contributed by atoms with Crippen molar-refractivity contribution < 1.29 is 4.79 Å². The van der Waals surface area contributed by atoms with Gasteiger partial charge in [-0.05, 0) is 78.5 Å². The molecule has 0 spiro atoms. The van der Waals surface area contributed by atoms with Crippen LogP contribution in [-0.4, -0.2) is 21.1 Å². The molecular weight excluding hydrogens is 529 g/mol. The molecule has 160 valence electrons. The van der Waals surface area contributed by atoms with Crippen LogP contribution < -0.4 is 10.2 Å². The summed E-state index contributed by atoms with van der Waals surface area (Å²) in [6, 6.07) is 19.3. The van der Waals surface area contributed by atoms with Crippen LogP contribution in [0.3, 0.4) is 0 Å². The van der Waals surface area contributed by atoms with E-state index in [4.69, 9.17) is 35.4 Å². The maximum absolute atomic E-state index is 13.4. The summed E-state index contributed by atoms with van der Waals surface area (Å²) in [7, 11) is 2.05. The van der Waals surface area contributed by atoms with Gasteiger partial charge in [-0.3, -0.25) is 9.69 Å². The minimum Gasteiger partial charge on any atom is -0.344 e. The Labute approximate surface area is 208 Å². The third kappa shape index (κ3) is 3.61. The molecule has 1 N–H and O–H groups in total. The molecular formula is C24H16BrCl2N3OS. The number of nitrogens with one attached hydrogen (secondary N) is 1. The molecule has 1 unspecified atom stereocenters. The number of hydrogen-bond donors (Lipinski definition) is 1. The van der Waals surface area contributed by atoms with E-state index in [2.05, 4.69) is 50.1 Å². The molecule has 4 aromatic rings. The molecule has 4 nitrogen and oxygen atoms in total. The van der Waals surface area contributed by atoms with Gasteiger partial charge in [-0.1, -0.05) is 45.2 Å². The lowest BCUT2D eigenvalue weighted by Crippen LogP contribution is -2.54. The van der Waals surface area contributed by atoms with Crippen LogP contribution in [0.15, 0.2) is 70.7 Å². The molecule has 0 saturated carbocycles. The van der Waals surface area contributed by atoms with Crippen LogP contribution in [0.2, 0.25) is 5.02 Å². The first-order valence-electron chi connectivity index (χ1n) is 9.77. The molecule has 8 heteroatoms. The zero-order valence-corrected chi connectivity index (χ0v) is 20.7.